The molecule has 4 atom stereocenters. The first kappa shape index (κ1) is 33.3. The number of hydrogen-bond acceptors (Lipinski definition) is 7. The highest BCUT2D eigenvalue weighted by atomic mass is 35.5. The maximum absolute atomic E-state index is 15.2. The Kier molecular flexibility index (Phi) is 9.74. The van der Waals surface area contributed by atoms with Gasteiger partial charge in [0, 0.05) is 64.4 Å². The minimum atomic E-state index is -2.37. The molecule has 0 bridgehead atoms. The first-order valence-corrected chi connectivity index (χ1v) is 17.0. The van der Waals surface area contributed by atoms with Crippen LogP contribution in [0.5, 0.6) is 0 Å². The van der Waals surface area contributed by atoms with Crippen molar-refractivity contribution in [3.63, 3.8) is 0 Å². The lowest BCUT2D eigenvalue weighted by Crippen LogP contribution is -2.59. The van der Waals surface area contributed by atoms with E-state index < -0.39 is 30.0 Å². The van der Waals surface area contributed by atoms with Crippen LogP contribution in [0.1, 0.15) is 39.2 Å². The molecule has 0 radical (unpaired) electrons. The first-order valence-electron chi connectivity index (χ1n) is 15.7. The number of aliphatic hydroxyl groups excluding tert-OH is 1. The second-order valence-corrected chi connectivity index (χ2v) is 14.1. The molecule has 3 aromatic rings. The molecule has 6 rings (SSSR count). The van der Waals surface area contributed by atoms with E-state index in [1.165, 1.54) is 30.0 Å². The van der Waals surface area contributed by atoms with E-state index in [0.717, 1.165) is 18.9 Å². The molecular formula is C33H38ClF4N5O2S. The number of nitrogens with zero attached hydrogens (tertiary/aromatic N) is 5. The third-order valence-corrected chi connectivity index (χ3v) is 11.2. The third-order valence-electron chi connectivity index (χ3n) is 9.65. The van der Waals surface area contributed by atoms with Gasteiger partial charge in [-0.25, -0.2) is 22.4 Å². The smallest absolute Gasteiger partial charge is 0.350 e. The average Bonchev–Trinajstić information content (AvgIpc) is 3.01. The Hall–Kier alpha value is -2.64. The van der Waals surface area contributed by atoms with Crippen LogP contribution in [0.4, 0.5) is 23.4 Å². The second kappa shape index (κ2) is 13.5. The summed E-state index contributed by atoms with van der Waals surface area (Å²) < 4.78 is 56.8. The summed E-state index contributed by atoms with van der Waals surface area (Å²) in [6.45, 7) is 9.63. The molecule has 0 amide bonds. The van der Waals surface area contributed by atoms with Crippen molar-refractivity contribution in [1.29, 1.82) is 0 Å². The van der Waals surface area contributed by atoms with Gasteiger partial charge in [0.25, 0.3) is 6.43 Å². The molecule has 0 aliphatic carbocycles. The van der Waals surface area contributed by atoms with Crippen LogP contribution in [0.15, 0.2) is 46.6 Å². The molecule has 1 N–H and O–H groups in total. The number of likely N-dealkylation sites (tertiary alicyclic amines) is 1. The lowest BCUT2D eigenvalue weighted by Gasteiger charge is -2.46. The van der Waals surface area contributed by atoms with Crippen molar-refractivity contribution < 1.29 is 22.7 Å². The van der Waals surface area contributed by atoms with Crippen LogP contribution in [-0.2, 0) is 0 Å². The molecule has 1 unspecified atom stereocenters. The number of thioether (sulfide) groups is 1. The molecule has 2 fully saturated rings. The van der Waals surface area contributed by atoms with E-state index in [0.29, 0.717) is 65.5 Å². The molecule has 3 aliphatic rings. The molecule has 4 heterocycles. The Balaban J connectivity index is 1.46. The summed E-state index contributed by atoms with van der Waals surface area (Å²) >= 11 is 8.43. The quantitative estimate of drug-likeness (QED) is 0.218. The topological polar surface area (TPSA) is 64.8 Å². The number of aromatic nitrogens is 2. The number of alkyl halides is 2. The van der Waals surface area contributed by atoms with Gasteiger partial charge in [-0.05, 0) is 76.4 Å². The number of benzene rings is 2. The van der Waals surface area contributed by atoms with Crippen molar-refractivity contribution >= 4 is 40.1 Å². The standard InChI is InChI=1S/C33H38ClF4N5O2S/c1-4-28(44)41-14-19(3)42(15-18(41)2)32-24-13-25(34)29(23-6-5-21(35)12-26(23)36)31-30(24)43(33(45)39-32)22(17-46-31)11-20-7-9-40(10-8-20)16-27(37)38/h4-6,12-13,18-20,22,27-28,44H,1,7-11,14-17H2,2-3H3/t18-,19+,22+,28?/m1/s1. The minimum absolute atomic E-state index is 0.0861. The molecule has 1 aromatic heterocycles. The van der Waals surface area contributed by atoms with Crippen molar-refractivity contribution in [2.24, 2.45) is 5.92 Å². The van der Waals surface area contributed by atoms with E-state index in [1.54, 1.807) is 15.5 Å². The zero-order valence-electron chi connectivity index (χ0n) is 25.8. The third kappa shape index (κ3) is 6.31. The minimum Gasteiger partial charge on any atom is -0.375 e. The van der Waals surface area contributed by atoms with Crippen LogP contribution in [0, 0.1) is 17.6 Å². The Morgan fingerprint density at radius 2 is 1.89 bits per heavy atom. The Bertz CT molecular complexity index is 1680. The number of piperazine rings is 1. The van der Waals surface area contributed by atoms with Gasteiger partial charge >= 0.3 is 5.69 Å². The fourth-order valence-corrected chi connectivity index (χ4v) is 9.05. The highest BCUT2D eigenvalue weighted by molar-refractivity contribution is 7.99. The number of halogens is 5. The van der Waals surface area contributed by atoms with E-state index >= 15 is 4.39 Å². The number of rotatable bonds is 8. The molecular weight excluding hydrogens is 642 g/mol. The van der Waals surface area contributed by atoms with Gasteiger partial charge in [0.15, 0.2) is 0 Å². The summed E-state index contributed by atoms with van der Waals surface area (Å²) in [5.41, 5.74) is 0.737. The predicted octanol–water partition coefficient (Wildman–Crippen LogP) is 6.41. The van der Waals surface area contributed by atoms with Gasteiger partial charge in [-0.1, -0.05) is 18.2 Å². The van der Waals surface area contributed by atoms with E-state index in [2.05, 4.69) is 16.5 Å². The molecule has 7 nitrogen and oxygen atoms in total. The lowest BCUT2D eigenvalue weighted by atomic mass is 9.90. The van der Waals surface area contributed by atoms with Gasteiger partial charge in [-0.15, -0.1) is 11.8 Å². The van der Waals surface area contributed by atoms with Crippen molar-refractivity contribution in [2.75, 3.05) is 43.4 Å². The molecule has 3 aliphatic heterocycles. The van der Waals surface area contributed by atoms with Crippen LogP contribution in [0.3, 0.4) is 0 Å². The molecule has 248 valence electrons. The molecule has 13 heteroatoms. The van der Waals surface area contributed by atoms with Crippen LogP contribution < -0.4 is 10.6 Å². The maximum Gasteiger partial charge on any atom is 0.350 e. The summed E-state index contributed by atoms with van der Waals surface area (Å²) in [5, 5.41) is 11.4. The monoisotopic (exact) mass is 679 g/mol. The van der Waals surface area contributed by atoms with Crippen molar-refractivity contribution in [2.45, 2.75) is 68.8 Å². The van der Waals surface area contributed by atoms with Gasteiger partial charge < -0.3 is 10.0 Å². The Morgan fingerprint density at radius 1 is 1.15 bits per heavy atom. The fourth-order valence-electron chi connectivity index (χ4n) is 7.33. The fraction of sp³-hybridized carbons (Fsp3) is 0.515. The molecule has 0 saturated carbocycles. The zero-order chi connectivity index (χ0) is 32.9. The second-order valence-electron chi connectivity index (χ2n) is 12.7. The molecule has 0 spiro atoms. The highest BCUT2D eigenvalue weighted by Gasteiger charge is 2.37. The molecule has 2 saturated heterocycles. The maximum atomic E-state index is 15.2. The molecule has 2 aromatic carbocycles. The normalized spacial score (nSPS) is 23.8. The van der Waals surface area contributed by atoms with Gasteiger partial charge in [0.2, 0.25) is 0 Å². The Labute approximate surface area is 274 Å². The summed E-state index contributed by atoms with van der Waals surface area (Å²) in [6.07, 6.45) is 0.505. The van der Waals surface area contributed by atoms with Gasteiger partial charge in [0.05, 0.1) is 17.1 Å². The number of anilines is 1. The van der Waals surface area contributed by atoms with Gasteiger partial charge in [-0.3, -0.25) is 14.4 Å². The zero-order valence-corrected chi connectivity index (χ0v) is 27.4. The SMILES string of the molecule is C=CC(O)N1C[C@H](C)N(c2nc(=O)n3c4c(c(-c5ccc(F)cc5F)c(Cl)cc24)SC[C@@H]3CC2CCN(CC(F)F)CC2)C[C@H]1C. The summed E-state index contributed by atoms with van der Waals surface area (Å²) in [7, 11) is 0. The van der Waals surface area contributed by atoms with E-state index in [9.17, 15) is 23.1 Å². The highest BCUT2D eigenvalue weighted by Crippen LogP contribution is 2.49. The van der Waals surface area contributed by atoms with E-state index in [4.69, 9.17) is 11.6 Å². The van der Waals surface area contributed by atoms with Crippen LogP contribution >= 0.6 is 23.4 Å². The van der Waals surface area contributed by atoms with Crippen LogP contribution in [0.2, 0.25) is 5.02 Å². The predicted molar refractivity (Wildman–Crippen MR) is 175 cm³/mol. The van der Waals surface area contributed by atoms with Crippen molar-refractivity contribution in [3.8, 4) is 11.1 Å². The van der Waals surface area contributed by atoms with Crippen molar-refractivity contribution in [1.82, 2.24) is 19.4 Å². The molecule has 46 heavy (non-hydrogen) atoms. The summed E-state index contributed by atoms with van der Waals surface area (Å²) in [6, 6.07) is 4.67. The number of aliphatic hydroxyl groups is 1. The largest absolute Gasteiger partial charge is 0.375 e. The Morgan fingerprint density at radius 3 is 2.57 bits per heavy atom. The van der Waals surface area contributed by atoms with Gasteiger partial charge in [0.1, 0.15) is 23.7 Å². The van der Waals surface area contributed by atoms with Crippen molar-refractivity contribution in [3.05, 3.63) is 64.1 Å². The summed E-state index contributed by atoms with van der Waals surface area (Å²) in [4.78, 5) is 25.2. The van der Waals surface area contributed by atoms with E-state index in [1.807, 2.05) is 18.7 Å². The van der Waals surface area contributed by atoms with Gasteiger partial charge in [-0.2, -0.15) is 4.98 Å². The van der Waals surface area contributed by atoms with Crippen LogP contribution in [-0.4, -0.2) is 87.7 Å². The number of hydrogen-bond donors (Lipinski definition) is 1. The van der Waals surface area contributed by atoms with Crippen LogP contribution in [0.25, 0.3) is 22.0 Å². The first-order chi connectivity index (χ1) is 22.0. The summed E-state index contributed by atoms with van der Waals surface area (Å²) in [5.74, 6) is -0.222. The lowest BCUT2D eigenvalue weighted by molar-refractivity contribution is 0.0000447. The average molecular weight is 680 g/mol. The van der Waals surface area contributed by atoms with E-state index in [-0.39, 0.29) is 41.2 Å². The number of piperidine rings is 1.